The van der Waals surface area contributed by atoms with Crippen molar-refractivity contribution < 1.29 is 19.4 Å². The Bertz CT molecular complexity index is 1210. The van der Waals surface area contributed by atoms with Gasteiger partial charge in [0, 0.05) is 17.0 Å². The van der Waals surface area contributed by atoms with Gasteiger partial charge in [0.2, 0.25) is 0 Å². The second-order valence-corrected chi connectivity index (χ2v) is 6.73. The van der Waals surface area contributed by atoms with Crippen molar-refractivity contribution in [2.45, 2.75) is 0 Å². The summed E-state index contributed by atoms with van der Waals surface area (Å²) < 4.78 is 6.02. The molecule has 1 amide bonds. The lowest BCUT2D eigenvalue weighted by molar-refractivity contribution is 0.0929. The number of furan rings is 1. The van der Waals surface area contributed by atoms with Gasteiger partial charge in [-0.1, -0.05) is 30.3 Å². The highest BCUT2D eigenvalue weighted by molar-refractivity contribution is 9.10. The van der Waals surface area contributed by atoms with E-state index in [0.717, 1.165) is 16.2 Å². The van der Waals surface area contributed by atoms with Crippen molar-refractivity contribution in [2.24, 2.45) is 5.10 Å². The number of benzene rings is 3. The van der Waals surface area contributed by atoms with Crippen LogP contribution in [-0.2, 0) is 0 Å². The van der Waals surface area contributed by atoms with E-state index in [4.69, 9.17) is 4.42 Å². The predicted molar refractivity (Wildman–Crippen MR) is 106 cm³/mol. The van der Waals surface area contributed by atoms with E-state index >= 15 is 0 Å². The highest BCUT2D eigenvalue weighted by atomic mass is 79.9. The lowest BCUT2D eigenvalue weighted by Crippen LogP contribution is -2.16. The summed E-state index contributed by atoms with van der Waals surface area (Å²) in [5, 5.41) is 26.0. The van der Waals surface area contributed by atoms with Crippen molar-refractivity contribution >= 4 is 49.8 Å². The number of carbonyl (C=O) groups excluding carboxylic acids is 1. The van der Waals surface area contributed by atoms with E-state index in [1.54, 1.807) is 6.07 Å². The number of hydrogen-bond acceptors (Lipinski definition) is 5. The summed E-state index contributed by atoms with van der Waals surface area (Å²) in [5.74, 6) is -0.634. The number of nitrogens with zero attached hydrogens (tertiary/aromatic N) is 1. The van der Waals surface area contributed by atoms with Crippen molar-refractivity contribution in [3.05, 3.63) is 70.4 Å². The maximum absolute atomic E-state index is 12.3. The quantitative estimate of drug-likeness (QED) is 0.332. The summed E-state index contributed by atoms with van der Waals surface area (Å²) in [4.78, 5) is 12.3. The Morgan fingerprint density at radius 3 is 2.70 bits per heavy atom. The van der Waals surface area contributed by atoms with Crippen molar-refractivity contribution in [1.82, 2.24) is 5.43 Å². The number of phenols is 2. The lowest BCUT2D eigenvalue weighted by Gasteiger charge is -2.02. The molecule has 134 valence electrons. The maximum Gasteiger partial charge on any atom is 0.307 e. The first-order valence-corrected chi connectivity index (χ1v) is 8.78. The normalized spacial score (nSPS) is 11.4. The summed E-state index contributed by atoms with van der Waals surface area (Å²) in [6.45, 7) is 0. The molecule has 0 fully saturated rings. The molecule has 0 aliphatic carbocycles. The van der Waals surface area contributed by atoms with Crippen molar-refractivity contribution in [3.63, 3.8) is 0 Å². The van der Waals surface area contributed by atoms with Crippen molar-refractivity contribution in [1.29, 1.82) is 0 Å². The molecular weight excluding hydrogens is 412 g/mol. The SMILES string of the molecule is O=C(NN=Cc1cc(Br)c(O)cc1O)c1cc2c(ccc3ccccc32)o1. The summed E-state index contributed by atoms with van der Waals surface area (Å²) in [6.07, 6.45) is 1.27. The zero-order chi connectivity index (χ0) is 19.0. The number of carbonyl (C=O) groups is 1. The number of hydrazone groups is 1. The standard InChI is InChI=1S/C20H13BrN2O4/c21-15-7-12(16(24)9-17(15)25)10-22-23-20(26)19-8-14-13-4-2-1-3-11(13)5-6-18(14)27-19/h1-10,24-25H,(H,23,26). The molecular formula is C20H13BrN2O4. The fourth-order valence-electron chi connectivity index (χ4n) is 2.79. The van der Waals surface area contributed by atoms with Gasteiger partial charge >= 0.3 is 5.91 Å². The van der Waals surface area contributed by atoms with E-state index in [-0.39, 0.29) is 17.3 Å². The molecule has 6 nitrogen and oxygen atoms in total. The summed E-state index contributed by atoms with van der Waals surface area (Å²) in [5.41, 5.74) is 3.31. The molecule has 0 saturated heterocycles. The van der Waals surface area contributed by atoms with Crippen LogP contribution in [0.4, 0.5) is 0 Å². The first-order chi connectivity index (χ1) is 13.0. The molecule has 4 rings (SSSR count). The highest BCUT2D eigenvalue weighted by Gasteiger charge is 2.13. The van der Waals surface area contributed by atoms with Gasteiger partial charge in [-0.2, -0.15) is 5.10 Å². The maximum atomic E-state index is 12.3. The van der Waals surface area contributed by atoms with Crippen molar-refractivity contribution in [3.8, 4) is 11.5 Å². The number of phenolic OH excluding ortho intramolecular Hbond substituents is 2. The van der Waals surface area contributed by atoms with Crippen LogP contribution in [0.2, 0.25) is 0 Å². The molecule has 4 aromatic rings. The van der Waals surface area contributed by atoms with E-state index in [0.29, 0.717) is 15.6 Å². The smallest absolute Gasteiger partial charge is 0.307 e. The molecule has 7 heteroatoms. The van der Waals surface area contributed by atoms with E-state index in [2.05, 4.69) is 26.5 Å². The summed E-state index contributed by atoms with van der Waals surface area (Å²) >= 11 is 3.15. The molecule has 0 spiro atoms. The minimum absolute atomic E-state index is 0.0943. The average molecular weight is 425 g/mol. The molecule has 1 heterocycles. The number of rotatable bonds is 3. The molecule has 0 aliphatic heterocycles. The third-order valence-electron chi connectivity index (χ3n) is 4.12. The zero-order valence-corrected chi connectivity index (χ0v) is 15.4. The molecule has 0 atom stereocenters. The number of hydrogen-bond donors (Lipinski definition) is 3. The minimum atomic E-state index is -0.510. The molecule has 0 unspecified atom stereocenters. The van der Waals surface area contributed by atoms with E-state index in [1.165, 1.54) is 18.3 Å². The zero-order valence-electron chi connectivity index (χ0n) is 13.8. The van der Waals surface area contributed by atoms with E-state index in [1.807, 2.05) is 36.4 Å². The monoisotopic (exact) mass is 424 g/mol. The minimum Gasteiger partial charge on any atom is -0.507 e. The Balaban J connectivity index is 1.58. The van der Waals surface area contributed by atoms with Crippen LogP contribution in [0, 0.1) is 0 Å². The van der Waals surface area contributed by atoms with Gasteiger partial charge in [0.1, 0.15) is 17.1 Å². The topological polar surface area (TPSA) is 95.1 Å². The van der Waals surface area contributed by atoms with E-state index in [9.17, 15) is 15.0 Å². The largest absolute Gasteiger partial charge is 0.507 e. The Morgan fingerprint density at radius 2 is 1.85 bits per heavy atom. The Labute approximate surface area is 161 Å². The van der Waals surface area contributed by atoms with Crippen LogP contribution in [0.15, 0.2) is 68.6 Å². The van der Waals surface area contributed by atoms with E-state index < -0.39 is 5.91 Å². The van der Waals surface area contributed by atoms with Crippen LogP contribution in [0.25, 0.3) is 21.7 Å². The number of aromatic hydroxyl groups is 2. The van der Waals surface area contributed by atoms with Gasteiger partial charge in [-0.25, -0.2) is 5.43 Å². The number of nitrogens with one attached hydrogen (secondary N) is 1. The van der Waals surface area contributed by atoms with Crippen LogP contribution in [0.5, 0.6) is 11.5 Å². The van der Waals surface area contributed by atoms with Gasteiger partial charge in [0.25, 0.3) is 0 Å². The molecule has 0 radical (unpaired) electrons. The van der Waals surface area contributed by atoms with Gasteiger partial charge in [-0.05, 0) is 44.9 Å². The van der Waals surface area contributed by atoms with Gasteiger partial charge < -0.3 is 14.6 Å². The fourth-order valence-corrected chi connectivity index (χ4v) is 3.15. The van der Waals surface area contributed by atoms with Crippen molar-refractivity contribution in [2.75, 3.05) is 0 Å². The Morgan fingerprint density at radius 1 is 1.04 bits per heavy atom. The second kappa shape index (κ2) is 6.77. The van der Waals surface area contributed by atoms with Crippen LogP contribution in [-0.4, -0.2) is 22.3 Å². The lowest BCUT2D eigenvalue weighted by atomic mass is 10.1. The van der Waals surface area contributed by atoms with Gasteiger partial charge in [0.15, 0.2) is 5.76 Å². The van der Waals surface area contributed by atoms with Gasteiger partial charge in [0.05, 0.1) is 10.7 Å². The molecule has 0 saturated carbocycles. The number of amides is 1. The Kier molecular flexibility index (Phi) is 4.29. The predicted octanol–water partition coefficient (Wildman–Crippen LogP) is 4.52. The van der Waals surface area contributed by atoms with Crippen LogP contribution < -0.4 is 5.43 Å². The summed E-state index contributed by atoms with van der Waals surface area (Å²) in [6, 6.07) is 15.9. The summed E-state index contributed by atoms with van der Waals surface area (Å²) in [7, 11) is 0. The molecule has 1 aromatic heterocycles. The third kappa shape index (κ3) is 3.24. The Hall–Kier alpha value is -3.32. The molecule has 0 bridgehead atoms. The molecule has 0 aliphatic rings. The first kappa shape index (κ1) is 17.1. The van der Waals surface area contributed by atoms with Crippen LogP contribution in [0.1, 0.15) is 16.1 Å². The molecule has 3 aromatic carbocycles. The van der Waals surface area contributed by atoms with Crippen LogP contribution >= 0.6 is 15.9 Å². The average Bonchev–Trinajstić information content (AvgIpc) is 3.10. The number of halogens is 1. The first-order valence-electron chi connectivity index (χ1n) is 7.99. The number of fused-ring (bicyclic) bond motifs is 3. The highest BCUT2D eigenvalue weighted by Crippen LogP contribution is 2.30. The van der Waals surface area contributed by atoms with Crippen LogP contribution in [0.3, 0.4) is 0 Å². The third-order valence-corrected chi connectivity index (χ3v) is 4.75. The fraction of sp³-hybridized carbons (Fsp3) is 0. The molecule has 27 heavy (non-hydrogen) atoms. The van der Waals surface area contributed by atoms with Gasteiger partial charge in [-0.3, -0.25) is 4.79 Å². The second-order valence-electron chi connectivity index (χ2n) is 5.87. The molecule has 3 N–H and O–H groups in total. The van der Waals surface area contributed by atoms with Gasteiger partial charge in [-0.15, -0.1) is 0 Å².